The first-order valence-electron chi connectivity index (χ1n) is 4.91. The zero-order valence-electron chi connectivity index (χ0n) is 8.36. The number of Topliss-reactive ketones (excluding diaryl/α,β-unsaturated/α-hetero) is 1. The standard InChI is InChI=1S/C10H21NO/c1-10(12)8-6-4-3-5-7-9-11-2/h11H,3-9H2,1-2H3. The van der Waals surface area contributed by atoms with Gasteiger partial charge in [0.25, 0.3) is 0 Å². The molecule has 1 N–H and O–H groups in total. The summed E-state index contributed by atoms with van der Waals surface area (Å²) in [4.78, 5) is 10.6. The molecular formula is C10H21NO. The summed E-state index contributed by atoms with van der Waals surface area (Å²) in [5, 5.41) is 3.12. The maximum atomic E-state index is 10.6. The Balaban J connectivity index is 2.86. The van der Waals surface area contributed by atoms with Crippen LogP contribution in [-0.2, 0) is 4.79 Å². The molecule has 0 unspecified atom stereocenters. The van der Waals surface area contributed by atoms with E-state index < -0.39 is 0 Å². The van der Waals surface area contributed by atoms with Crippen LogP contribution in [0, 0.1) is 0 Å². The first-order chi connectivity index (χ1) is 5.77. The van der Waals surface area contributed by atoms with Crippen molar-refractivity contribution in [1.82, 2.24) is 5.32 Å². The lowest BCUT2D eigenvalue weighted by Crippen LogP contribution is -2.06. The van der Waals surface area contributed by atoms with E-state index in [1.54, 1.807) is 6.92 Å². The maximum Gasteiger partial charge on any atom is 0.129 e. The molecule has 0 aliphatic carbocycles. The predicted octanol–water partition coefficient (Wildman–Crippen LogP) is 2.14. The first kappa shape index (κ1) is 11.6. The molecule has 0 rings (SSSR count). The van der Waals surface area contributed by atoms with E-state index in [2.05, 4.69) is 5.32 Å². The average Bonchev–Trinajstić information content (AvgIpc) is 2.02. The van der Waals surface area contributed by atoms with Crippen LogP contribution in [0.3, 0.4) is 0 Å². The number of carbonyl (C=O) groups excluding carboxylic acids is 1. The summed E-state index contributed by atoms with van der Waals surface area (Å²) in [6.45, 7) is 2.79. The molecule has 0 aromatic rings. The number of carbonyl (C=O) groups is 1. The monoisotopic (exact) mass is 171 g/mol. The van der Waals surface area contributed by atoms with Gasteiger partial charge in [0.05, 0.1) is 0 Å². The van der Waals surface area contributed by atoms with Crippen LogP contribution in [-0.4, -0.2) is 19.4 Å². The largest absolute Gasteiger partial charge is 0.320 e. The van der Waals surface area contributed by atoms with E-state index >= 15 is 0 Å². The minimum absolute atomic E-state index is 0.324. The SMILES string of the molecule is CNCCCCCCCC(C)=O. The van der Waals surface area contributed by atoms with Crippen LogP contribution in [0.5, 0.6) is 0 Å². The van der Waals surface area contributed by atoms with E-state index in [0.29, 0.717) is 5.78 Å². The maximum absolute atomic E-state index is 10.6. The first-order valence-corrected chi connectivity index (χ1v) is 4.91. The second-order valence-electron chi connectivity index (χ2n) is 3.32. The molecule has 0 heterocycles. The van der Waals surface area contributed by atoms with Crippen LogP contribution in [0.4, 0.5) is 0 Å². The van der Waals surface area contributed by atoms with Gasteiger partial charge in [-0.15, -0.1) is 0 Å². The minimum atomic E-state index is 0.324. The number of rotatable bonds is 8. The third-order valence-corrected chi connectivity index (χ3v) is 1.96. The van der Waals surface area contributed by atoms with Crippen LogP contribution in [0.25, 0.3) is 0 Å². The average molecular weight is 171 g/mol. The summed E-state index contributed by atoms with van der Waals surface area (Å²) in [7, 11) is 1.98. The molecule has 0 aliphatic rings. The molecule has 0 saturated heterocycles. The quantitative estimate of drug-likeness (QED) is 0.567. The third-order valence-electron chi connectivity index (χ3n) is 1.96. The molecule has 2 nitrogen and oxygen atoms in total. The van der Waals surface area contributed by atoms with E-state index in [0.717, 1.165) is 19.4 Å². The van der Waals surface area contributed by atoms with Crippen LogP contribution in [0.2, 0.25) is 0 Å². The van der Waals surface area contributed by atoms with E-state index in [9.17, 15) is 4.79 Å². The van der Waals surface area contributed by atoms with Crippen LogP contribution in [0.15, 0.2) is 0 Å². The van der Waals surface area contributed by atoms with Gasteiger partial charge in [0.15, 0.2) is 0 Å². The highest BCUT2D eigenvalue weighted by atomic mass is 16.1. The summed E-state index contributed by atoms with van der Waals surface area (Å²) < 4.78 is 0. The number of hydrogen-bond donors (Lipinski definition) is 1. The highest BCUT2D eigenvalue weighted by molar-refractivity contribution is 5.75. The van der Waals surface area contributed by atoms with Gasteiger partial charge in [-0.3, -0.25) is 0 Å². The lowest BCUT2D eigenvalue weighted by Gasteiger charge is -1.99. The van der Waals surface area contributed by atoms with Gasteiger partial charge in [-0.25, -0.2) is 0 Å². The molecule has 0 bridgehead atoms. The molecule has 0 aliphatic heterocycles. The normalized spacial score (nSPS) is 10.2. The Morgan fingerprint density at radius 2 is 1.67 bits per heavy atom. The summed E-state index contributed by atoms with van der Waals surface area (Å²) >= 11 is 0. The molecule has 0 aromatic heterocycles. The van der Waals surface area contributed by atoms with E-state index in [1.165, 1.54) is 25.7 Å². The van der Waals surface area contributed by atoms with Crippen molar-refractivity contribution in [2.45, 2.75) is 45.4 Å². The van der Waals surface area contributed by atoms with Gasteiger partial charge >= 0.3 is 0 Å². The van der Waals surface area contributed by atoms with Crippen molar-refractivity contribution in [1.29, 1.82) is 0 Å². The molecule has 0 fully saturated rings. The third kappa shape index (κ3) is 9.63. The van der Waals surface area contributed by atoms with Gasteiger partial charge in [0, 0.05) is 6.42 Å². The molecular weight excluding hydrogens is 150 g/mol. The van der Waals surface area contributed by atoms with Gasteiger partial charge in [0.2, 0.25) is 0 Å². The fraction of sp³-hybridized carbons (Fsp3) is 0.900. The Morgan fingerprint density at radius 1 is 1.08 bits per heavy atom. The van der Waals surface area contributed by atoms with Gasteiger partial charge < -0.3 is 10.1 Å². The summed E-state index contributed by atoms with van der Waals surface area (Å²) in [6.07, 6.45) is 6.88. The van der Waals surface area contributed by atoms with Crippen LogP contribution < -0.4 is 5.32 Å². The lowest BCUT2D eigenvalue weighted by atomic mass is 10.1. The second-order valence-corrected chi connectivity index (χ2v) is 3.32. The van der Waals surface area contributed by atoms with Gasteiger partial charge in [-0.1, -0.05) is 19.3 Å². The van der Waals surface area contributed by atoms with Crippen LogP contribution in [0.1, 0.15) is 45.4 Å². The van der Waals surface area contributed by atoms with Crippen molar-refractivity contribution in [3.8, 4) is 0 Å². The van der Waals surface area contributed by atoms with E-state index in [-0.39, 0.29) is 0 Å². The topological polar surface area (TPSA) is 29.1 Å². The Hall–Kier alpha value is -0.370. The summed E-state index contributed by atoms with van der Waals surface area (Å²) in [5.41, 5.74) is 0. The van der Waals surface area contributed by atoms with Crippen LogP contribution >= 0.6 is 0 Å². The van der Waals surface area contributed by atoms with Crippen molar-refractivity contribution < 1.29 is 4.79 Å². The Labute approximate surface area is 75.7 Å². The Bertz CT molecular complexity index is 112. The molecule has 0 atom stereocenters. The number of ketones is 1. The number of hydrogen-bond acceptors (Lipinski definition) is 2. The fourth-order valence-corrected chi connectivity index (χ4v) is 1.21. The van der Waals surface area contributed by atoms with Gasteiger partial charge in [-0.05, 0) is 33.4 Å². The fourth-order valence-electron chi connectivity index (χ4n) is 1.21. The molecule has 12 heavy (non-hydrogen) atoms. The molecule has 0 amide bonds. The molecule has 2 heteroatoms. The zero-order valence-corrected chi connectivity index (χ0v) is 8.36. The Morgan fingerprint density at radius 3 is 2.25 bits per heavy atom. The van der Waals surface area contributed by atoms with Crippen molar-refractivity contribution in [3.63, 3.8) is 0 Å². The molecule has 0 aromatic carbocycles. The minimum Gasteiger partial charge on any atom is -0.320 e. The molecule has 0 saturated carbocycles. The summed E-state index contributed by atoms with van der Waals surface area (Å²) in [6, 6.07) is 0. The van der Waals surface area contributed by atoms with Gasteiger partial charge in [0.1, 0.15) is 5.78 Å². The van der Waals surface area contributed by atoms with Crippen molar-refractivity contribution in [2.75, 3.05) is 13.6 Å². The predicted molar refractivity (Wildman–Crippen MR) is 52.3 cm³/mol. The molecule has 72 valence electrons. The smallest absolute Gasteiger partial charge is 0.129 e. The highest BCUT2D eigenvalue weighted by Gasteiger charge is 1.93. The second kappa shape index (κ2) is 8.72. The summed E-state index contributed by atoms with van der Waals surface area (Å²) in [5.74, 6) is 0.324. The van der Waals surface area contributed by atoms with E-state index in [1.807, 2.05) is 7.05 Å². The molecule has 0 radical (unpaired) electrons. The van der Waals surface area contributed by atoms with E-state index in [4.69, 9.17) is 0 Å². The highest BCUT2D eigenvalue weighted by Crippen LogP contribution is 2.04. The zero-order chi connectivity index (χ0) is 9.23. The Kier molecular flexibility index (Phi) is 8.46. The van der Waals surface area contributed by atoms with Crippen molar-refractivity contribution in [2.24, 2.45) is 0 Å². The molecule has 0 spiro atoms. The van der Waals surface area contributed by atoms with Crippen molar-refractivity contribution >= 4 is 5.78 Å². The lowest BCUT2D eigenvalue weighted by molar-refractivity contribution is -0.117. The number of nitrogens with one attached hydrogen (secondary N) is 1. The number of unbranched alkanes of at least 4 members (excludes halogenated alkanes) is 4. The van der Waals surface area contributed by atoms with Gasteiger partial charge in [-0.2, -0.15) is 0 Å². The van der Waals surface area contributed by atoms with Crippen molar-refractivity contribution in [3.05, 3.63) is 0 Å².